The molecule has 2 saturated heterocycles. The molecule has 8 heteroatoms. The van der Waals surface area contributed by atoms with E-state index in [2.05, 4.69) is 4.90 Å². The molecule has 2 rings (SSSR count). The molecule has 148 valence electrons. The molecule has 1 amide bonds. The molecule has 0 spiro atoms. The van der Waals surface area contributed by atoms with Crippen molar-refractivity contribution in [2.24, 2.45) is 11.7 Å². The lowest BCUT2D eigenvalue weighted by molar-refractivity contribution is -0.162. The predicted molar refractivity (Wildman–Crippen MR) is 103 cm³/mol. The highest BCUT2D eigenvalue weighted by Gasteiger charge is 2.31. The molecule has 2 N–H and O–H groups in total. The SMILES string of the molecule is CC(C)(C)OC(=O)C1CCN(C(=O)CN2CCC(N)CC2)CC1.Cl.Cl. The van der Waals surface area contributed by atoms with Crippen molar-refractivity contribution < 1.29 is 14.3 Å². The predicted octanol–water partition coefficient (Wildman–Crippen LogP) is 1.83. The topological polar surface area (TPSA) is 75.9 Å². The molecule has 0 radical (unpaired) electrons. The zero-order valence-electron chi connectivity index (χ0n) is 15.5. The van der Waals surface area contributed by atoms with Gasteiger partial charge in [0.1, 0.15) is 5.60 Å². The molecule has 0 atom stereocenters. The smallest absolute Gasteiger partial charge is 0.309 e. The lowest BCUT2D eigenvalue weighted by Crippen LogP contribution is -2.48. The summed E-state index contributed by atoms with van der Waals surface area (Å²) >= 11 is 0. The summed E-state index contributed by atoms with van der Waals surface area (Å²) in [7, 11) is 0. The Morgan fingerprint density at radius 2 is 1.52 bits per heavy atom. The third-order valence-electron chi connectivity index (χ3n) is 4.58. The average molecular weight is 398 g/mol. The van der Waals surface area contributed by atoms with Gasteiger partial charge >= 0.3 is 5.97 Å². The minimum atomic E-state index is -0.445. The van der Waals surface area contributed by atoms with E-state index < -0.39 is 5.60 Å². The van der Waals surface area contributed by atoms with E-state index in [4.69, 9.17) is 10.5 Å². The number of nitrogens with zero attached hydrogens (tertiary/aromatic N) is 2. The van der Waals surface area contributed by atoms with Crippen LogP contribution in [0.5, 0.6) is 0 Å². The molecule has 0 saturated carbocycles. The van der Waals surface area contributed by atoms with Gasteiger partial charge in [-0.3, -0.25) is 14.5 Å². The van der Waals surface area contributed by atoms with Crippen LogP contribution < -0.4 is 5.73 Å². The highest BCUT2D eigenvalue weighted by molar-refractivity contribution is 5.85. The number of hydrogen-bond acceptors (Lipinski definition) is 5. The first-order valence-corrected chi connectivity index (χ1v) is 8.73. The third kappa shape index (κ3) is 8.11. The van der Waals surface area contributed by atoms with Gasteiger partial charge in [-0.15, -0.1) is 24.8 Å². The molecule has 0 aromatic heterocycles. The Morgan fingerprint density at radius 1 is 1.00 bits per heavy atom. The molecule has 0 bridgehead atoms. The van der Waals surface area contributed by atoms with Crippen molar-refractivity contribution in [3.05, 3.63) is 0 Å². The number of esters is 1. The summed E-state index contributed by atoms with van der Waals surface area (Å²) in [4.78, 5) is 28.6. The summed E-state index contributed by atoms with van der Waals surface area (Å²) in [5.41, 5.74) is 5.45. The van der Waals surface area contributed by atoms with Crippen molar-refractivity contribution in [3.8, 4) is 0 Å². The van der Waals surface area contributed by atoms with Crippen LogP contribution in [0.1, 0.15) is 46.5 Å². The van der Waals surface area contributed by atoms with Crippen LogP contribution in [0.15, 0.2) is 0 Å². The second-order valence-electron chi connectivity index (χ2n) is 7.80. The first-order chi connectivity index (χ1) is 10.7. The second-order valence-corrected chi connectivity index (χ2v) is 7.80. The molecular formula is C17H33Cl2N3O3. The van der Waals surface area contributed by atoms with Crippen molar-refractivity contribution in [2.75, 3.05) is 32.7 Å². The van der Waals surface area contributed by atoms with Crippen LogP contribution in [0.2, 0.25) is 0 Å². The van der Waals surface area contributed by atoms with E-state index in [1.54, 1.807) is 0 Å². The van der Waals surface area contributed by atoms with Gasteiger partial charge in [0.05, 0.1) is 12.5 Å². The number of carbonyl (C=O) groups excluding carboxylic acids is 2. The first kappa shape index (κ1) is 24.4. The van der Waals surface area contributed by atoms with E-state index in [-0.39, 0.29) is 48.7 Å². The first-order valence-electron chi connectivity index (χ1n) is 8.73. The van der Waals surface area contributed by atoms with Crippen molar-refractivity contribution >= 4 is 36.7 Å². The Labute approximate surface area is 163 Å². The van der Waals surface area contributed by atoms with Crippen LogP contribution in [0, 0.1) is 5.92 Å². The fourth-order valence-electron chi connectivity index (χ4n) is 3.15. The van der Waals surface area contributed by atoms with E-state index >= 15 is 0 Å². The van der Waals surface area contributed by atoms with E-state index in [9.17, 15) is 9.59 Å². The molecular weight excluding hydrogens is 365 g/mol. The minimum absolute atomic E-state index is 0. The number of halogens is 2. The standard InChI is InChI=1S/C17H31N3O3.2ClH/c1-17(2,3)23-16(22)13-4-10-20(11-5-13)15(21)12-19-8-6-14(18)7-9-19;;/h13-14H,4-12,18H2,1-3H3;2*1H. The molecule has 2 aliphatic rings. The molecule has 0 unspecified atom stereocenters. The Kier molecular flexibility index (Phi) is 10.3. The van der Waals surface area contributed by atoms with Gasteiger partial charge < -0.3 is 15.4 Å². The molecule has 2 aliphatic heterocycles. The van der Waals surface area contributed by atoms with Crippen molar-refractivity contribution in [2.45, 2.75) is 58.1 Å². The van der Waals surface area contributed by atoms with Gasteiger partial charge in [0.25, 0.3) is 0 Å². The number of amides is 1. The van der Waals surface area contributed by atoms with Crippen LogP contribution in [-0.2, 0) is 14.3 Å². The van der Waals surface area contributed by atoms with Crippen LogP contribution in [0.4, 0.5) is 0 Å². The summed E-state index contributed by atoms with van der Waals surface area (Å²) in [6.45, 7) is 9.23. The number of hydrogen-bond donors (Lipinski definition) is 1. The van der Waals surface area contributed by atoms with Gasteiger partial charge in [0.2, 0.25) is 5.91 Å². The maximum Gasteiger partial charge on any atom is 0.309 e. The second kappa shape index (κ2) is 10.6. The summed E-state index contributed by atoms with van der Waals surface area (Å²) in [6.07, 6.45) is 3.33. The number of nitrogens with two attached hydrogens (primary N) is 1. The number of ether oxygens (including phenoxy) is 1. The normalized spacial score (nSPS) is 20.4. The Morgan fingerprint density at radius 3 is 2.00 bits per heavy atom. The monoisotopic (exact) mass is 397 g/mol. The van der Waals surface area contributed by atoms with Gasteiger partial charge in [-0.05, 0) is 46.5 Å². The lowest BCUT2D eigenvalue weighted by atomic mass is 9.96. The van der Waals surface area contributed by atoms with Crippen molar-refractivity contribution in [1.29, 1.82) is 0 Å². The Balaban J connectivity index is 0.00000288. The average Bonchev–Trinajstić information content (AvgIpc) is 2.48. The molecule has 25 heavy (non-hydrogen) atoms. The van der Waals surface area contributed by atoms with E-state index in [0.29, 0.717) is 32.5 Å². The molecule has 0 aromatic carbocycles. The summed E-state index contributed by atoms with van der Waals surface area (Å²) in [6, 6.07) is 0.283. The summed E-state index contributed by atoms with van der Waals surface area (Å²) in [5, 5.41) is 0. The summed E-state index contributed by atoms with van der Waals surface area (Å²) < 4.78 is 5.44. The quantitative estimate of drug-likeness (QED) is 0.735. The number of piperidine rings is 2. The zero-order valence-corrected chi connectivity index (χ0v) is 17.2. The number of rotatable bonds is 3. The van der Waals surface area contributed by atoms with Crippen LogP contribution in [0.3, 0.4) is 0 Å². The number of carbonyl (C=O) groups is 2. The van der Waals surface area contributed by atoms with Gasteiger partial charge in [0, 0.05) is 32.2 Å². The molecule has 6 nitrogen and oxygen atoms in total. The molecule has 2 fully saturated rings. The maximum absolute atomic E-state index is 12.4. The zero-order chi connectivity index (χ0) is 17.0. The van der Waals surface area contributed by atoms with Gasteiger partial charge in [-0.25, -0.2) is 0 Å². The van der Waals surface area contributed by atoms with E-state index in [1.165, 1.54) is 0 Å². The van der Waals surface area contributed by atoms with Crippen molar-refractivity contribution in [3.63, 3.8) is 0 Å². The number of likely N-dealkylation sites (tertiary alicyclic amines) is 2. The van der Waals surface area contributed by atoms with Crippen LogP contribution >= 0.6 is 24.8 Å². The molecule has 0 aromatic rings. The Bertz CT molecular complexity index is 427. The largest absolute Gasteiger partial charge is 0.460 e. The van der Waals surface area contributed by atoms with Crippen LogP contribution in [-0.4, -0.2) is 66.0 Å². The lowest BCUT2D eigenvalue weighted by Gasteiger charge is -2.35. The van der Waals surface area contributed by atoms with Gasteiger partial charge in [0.15, 0.2) is 0 Å². The fourth-order valence-corrected chi connectivity index (χ4v) is 3.15. The van der Waals surface area contributed by atoms with E-state index in [0.717, 1.165) is 25.9 Å². The molecule has 2 heterocycles. The van der Waals surface area contributed by atoms with Gasteiger partial charge in [-0.2, -0.15) is 0 Å². The van der Waals surface area contributed by atoms with Gasteiger partial charge in [-0.1, -0.05) is 0 Å². The fraction of sp³-hybridized carbons (Fsp3) is 0.882. The highest BCUT2D eigenvalue weighted by atomic mass is 35.5. The van der Waals surface area contributed by atoms with E-state index in [1.807, 2.05) is 25.7 Å². The highest BCUT2D eigenvalue weighted by Crippen LogP contribution is 2.22. The van der Waals surface area contributed by atoms with Crippen LogP contribution in [0.25, 0.3) is 0 Å². The Hall–Kier alpha value is -0.560. The summed E-state index contributed by atoms with van der Waals surface area (Å²) in [5.74, 6) is -0.0380. The van der Waals surface area contributed by atoms with Crippen molar-refractivity contribution in [1.82, 2.24) is 9.80 Å². The maximum atomic E-state index is 12.4. The third-order valence-corrected chi connectivity index (χ3v) is 4.58. The minimum Gasteiger partial charge on any atom is -0.460 e. The molecule has 0 aliphatic carbocycles.